The summed E-state index contributed by atoms with van der Waals surface area (Å²) in [5, 5.41) is 6.43. The van der Waals surface area contributed by atoms with Gasteiger partial charge in [-0.15, -0.1) is 0 Å². The van der Waals surface area contributed by atoms with E-state index in [9.17, 15) is 4.39 Å². The molecule has 1 aromatic heterocycles. The third-order valence-electron chi connectivity index (χ3n) is 3.19. The molecular formula is C16H22FN5. The van der Waals surface area contributed by atoms with Crippen LogP contribution >= 0.6 is 0 Å². The Morgan fingerprint density at radius 2 is 1.73 bits per heavy atom. The zero-order valence-electron chi connectivity index (χ0n) is 13.0. The highest BCUT2D eigenvalue weighted by Gasteiger charge is 2.02. The second-order valence-electron chi connectivity index (χ2n) is 5.29. The summed E-state index contributed by atoms with van der Waals surface area (Å²) in [6.45, 7) is 2.37. The van der Waals surface area contributed by atoms with Crippen molar-refractivity contribution < 1.29 is 4.39 Å². The molecule has 5 nitrogen and oxygen atoms in total. The normalized spacial score (nSPS) is 10.7. The summed E-state index contributed by atoms with van der Waals surface area (Å²) < 4.78 is 13.5. The number of nitrogens with one attached hydrogen (secondary N) is 2. The maximum atomic E-state index is 13.5. The van der Waals surface area contributed by atoms with Crippen LogP contribution in [0.1, 0.15) is 5.56 Å². The number of rotatable bonds is 8. The van der Waals surface area contributed by atoms with E-state index in [1.165, 1.54) is 12.4 Å². The minimum Gasteiger partial charge on any atom is -0.370 e. The Hall–Kier alpha value is -2.21. The standard InChI is InChI=1S/C16H22FN5/c1-22(2)10-9-19-16-11-15(20-12-21-16)18-8-7-13-5-3-4-6-14(13)17/h3-6,11-12H,7-10H2,1-2H3,(H2,18,19,20,21). The maximum Gasteiger partial charge on any atom is 0.131 e. The van der Waals surface area contributed by atoms with Crippen LogP contribution in [0.4, 0.5) is 16.0 Å². The molecule has 0 aliphatic rings. The van der Waals surface area contributed by atoms with Gasteiger partial charge in [-0.05, 0) is 32.1 Å². The summed E-state index contributed by atoms with van der Waals surface area (Å²) in [4.78, 5) is 10.4. The summed E-state index contributed by atoms with van der Waals surface area (Å²) in [5.41, 5.74) is 0.702. The van der Waals surface area contributed by atoms with Crippen LogP contribution in [0, 0.1) is 5.82 Å². The summed E-state index contributed by atoms with van der Waals surface area (Å²) in [5.74, 6) is 1.35. The molecule has 0 unspecified atom stereocenters. The van der Waals surface area contributed by atoms with E-state index in [1.807, 2.05) is 26.2 Å². The molecule has 2 rings (SSSR count). The summed E-state index contributed by atoms with van der Waals surface area (Å²) >= 11 is 0. The molecular weight excluding hydrogens is 281 g/mol. The molecule has 0 fully saturated rings. The first-order valence-electron chi connectivity index (χ1n) is 7.33. The summed E-state index contributed by atoms with van der Waals surface area (Å²) in [6, 6.07) is 8.67. The van der Waals surface area contributed by atoms with Crippen LogP contribution in [-0.4, -0.2) is 48.6 Å². The van der Waals surface area contributed by atoms with E-state index in [2.05, 4.69) is 25.5 Å². The lowest BCUT2D eigenvalue weighted by Crippen LogP contribution is -2.21. The van der Waals surface area contributed by atoms with Gasteiger partial charge < -0.3 is 15.5 Å². The van der Waals surface area contributed by atoms with Gasteiger partial charge in [0.1, 0.15) is 23.8 Å². The molecule has 2 N–H and O–H groups in total. The van der Waals surface area contributed by atoms with Gasteiger partial charge in [0.15, 0.2) is 0 Å². The van der Waals surface area contributed by atoms with Crippen molar-refractivity contribution in [1.29, 1.82) is 0 Å². The van der Waals surface area contributed by atoms with Crippen molar-refractivity contribution in [2.75, 3.05) is 44.4 Å². The van der Waals surface area contributed by atoms with Crippen molar-refractivity contribution >= 4 is 11.6 Å². The summed E-state index contributed by atoms with van der Waals surface area (Å²) in [6.07, 6.45) is 2.13. The Bertz CT molecular complexity index is 588. The number of hydrogen-bond acceptors (Lipinski definition) is 5. The third kappa shape index (κ3) is 5.29. The molecule has 22 heavy (non-hydrogen) atoms. The van der Waals surface area contributed by atoms with Crippen LogP contribution in [0.5, 0.6) is 0 Å². The van der Waals surface area contributed by atoms with E-state index in [-0.39, 0.29) is 5.82 Å². The largest absolute Gasteiger partial charge is 0.370 e. The van der Waals surface area contributed by atoms with Gasteiger partial charge in [0.2, 0.25) is 0 Å². The van der Waals surface area contributed by atoms with Crippen molar-refractivity contribution in [3.63, 3.8) is 0 Å². The van der Waals surface area contributed by atoms with Gasteiger partial charge in [0.05, 0.1) is 0 Å². The lowest BCUT2D eigenvalue weighted by atomic mass is 10.1. The van der Waals surface area contributed by atoms with Crippen LogP contribution in [0.25, 0.3) is 0 Å². The Balaban J connectivity index is 1.81. The highest BCUT2D eigenvalue weighted by molar-refractivity contribution is 5.46. The van der Waals surface area contributed by atoms with E-state index in [1.54, 1.807) is 12.1 Å². The number of aromatic nitrogens is 2. The van der Waals surface area contributed by atoms with Gasteiger partial charge in [-0.2, -0.15) is 0 Å². The van der Waals surface area contributed by atoms with Gasteiger partial charge in [-0.3, -0.25) is 0 Å². The molecule has 118 valence electrons. The quantitative estimate of drug-likeness (QED) is 0.783. The Morgan fingerprint density at radius 3 is 2.41 bits per heavy atom. The predicted molar refractivity (Wildman–Crippen MR) is 87.7 cm³/mol. The molecule has 0 radical (unpaired) electrons. The molecule has 0 aliphatic heterocycles. The fourth-order valence-electron chi connectivity index (χ4n) is 1.98. The van der Waals surface area contributed by atoms with Gasteiger partial charge in [0, 0.05) is 25.7 Å². The number of likely N-dealkylation sites (N-methyl/N-ethyl adjacent to an activating group) is 1. The van der Waals surface area contributed by atoms with Crippen LogP contribution < -0.4 is 10.6 Å². The monoisotopic (exact) mass is 303 g/mol. The lowest BCUT2D eigenvalue weighted by molar-refractivity contribution is 0.425. The first kappa shape index (κ1) is 16.2. The lowest BCUT2D eigenvalue weighted by Gasteiger charge is -2.11. The van der Waals surface area contributed by atoms with Crippen molar-refractivity contribution in [3.8, 4) is 0 Å². The molecule has 0 aliphatic carbocycles. The predicted octanol–water partition coefficient (Wildman–Crippen LogP) is 2.24. The topological polar surface area (TPSA) is 53.1 Å². The van der Waals surface area contributed by atoms with Crippen molar-refractivity contribution in [2.24, 2.45) is 0 Å². The first-order chi connectivity index (χ1) is 10.6. The average molecular weight is 303 g/mol. The molecule has 6 heteroatoms. The van der Waals surface area contributed by atoms with Crippen molar-refractivity contribution in [2.45, 2.75) is 6.42 Å². The van der Waals surface area contributed by atoms with E-state index < -0.39 is 0 Å². The number of nitrogens with zero attached hydrogens (tertiary/aromatic N) is 3. The highest BCUT2D eigenvalue weighted by Crippen LogP contribution is 2.10. The summed E-state index contributed by atoms with van der Waals surface area (Å²) in [7, 11) is 4.05. The minimum absolute atomic E-state index is 0.168. The minimum atomic E-state index is -0.168. The van der Waals surface area contributed by atoms with Crippen LogP contribution in [0.2, 0.25) is 0 Å². The van der Waals surface area contributed by atoms with Crippen LogP contribution in [-0.2, 0) is 6.42 Å². The Morgan fingerprint density at radius 1 is 1.05 bits per heavy atom. The molecule has 1 aromatic carbocycles. The first-order valence-corrected chi connectivity index (χ1v) is 7.33. The van der Waals surface area contributed by atoms with Crippen LogP contribution in [0.3, 0.4) is 0 Å². The fraction of sp³-hybridized carbons (Fsp3) is 0.375. The smallest absolute Gasteiger partial charge is 0.131 e. The molecule has 0 saturated carbocycles. The number of halogens is 1. The number of benzene rings is 1. The Labute approximate surface area is 130 Å². The van der Waals surface area contributed by atoms with Gasteiger partial charge >= 0.3 is 0 Å². The van der Waals surface area contributed by atoms with Gasteiger partial charge in [-0.1, -0.05) is 18.2 Å². The Kier molecular flexibility index (Phi) is 6.09. The van der Waals surface area contributed by atoms with Gasteiger partial charge in [-0.25, -0.2) is 14.4 Å². The van der Waals surface area contributed by atoms with Crippen molar-refractivity contribution in [1.82, 2.24) is 14.9 Å². The second-order valence-corrected chi connectivity index (χ2v) is 5.29. The molecule has 0 bridgehead atoms. The number of anilines is 2. The van der Waals surface area contributed by atoms with Crippen LogP contribution in [0.15, 0.2) is 36.7 Å². The SMILES string of the molecule is CN(C)CCNc1cc(NCCc2ccccc2F)ncn1. The van der Waals surface area contributed by atoms with E-state index in [0.29, 0.717) is 18.5 Å². The molecule has 0 saturated heterocycles. The van der Waals surface area contributed by atoms with E-state index in [4.69, 9.17) is 0 Å². The zero-order valence-corrected chi connectivity index (χ0v) is 13.0. The molecule has 2 aromatic rings. The van der Waals surface area contributed by atoms with E-state index in [0.717, 1.165) is 24.7 Å². The second kappa shape index (κ2) is 8.29. The van der Waals surface area contributed by atoms with Crippen molar-refractivity contribution in [3.05, 3.63) is 48.0 Å². The molecule has 0 amide bonds. The highest BCUT2D eigenvalue weighted by atomic mass is 19.1. The fourth-order valence-corrected chi connectivity index (χ4v) is 1.98. The molecule has 0 atom stereocenters. The number of hydrogen-bond donors (Lipinski definition) is 2. The average Bonchev–Trinajstić information content (AvgIpc) is 2.49. The molecule has 0 spiro atoms. The molecule has 1 heterocycles. The maximum absolute atomic E-state index is 13.5. The third-order valence-corrected chi connectivity index (χ3v) is 3.19. The van der Waals surface area contributed by atoms with Gasteiger partial charge in [0.25, 0.3) is 0 Å². The zero-order chi connectivity index (χ0) is 15.8. The van der Waals surface area contributed by atoms with E-state index >= 15 is 0 Å².